The highest BCUT2D eigenvalue weighted by molar-refractivity contribution is 7.90. The Bertz CT molecular complexity index is 1070. The molecular weight excluding hydrogens is 409 g/mol. The minimum Gasteiger partial charge on any atom is -0.492 e. The highest BCUT2D eigenvalue weighted by Crippen LogP contribution is 2.27. The number of fused-ring (bicyclic) bond motifs is 1. The van der Waals surface area contributed by atoms with Crippen LogP contribution < -0.4 is 10.1 Å². The van der Waals surface area contributed by atoms with E-state index in [-0.39, 0.29) is 4.90 Å². The predicted octanol–water partition coefficient (Wildman–Crippen LogP) is 4.22. The van der Waals surface area contributed by atoms with Crippen molar-refractivity contribution >= 4 is 49.8 Å². The number of benzene rings is 2. The molecule has 0 radical (unpaired) electrons. The van der Waals surface area contributed by atoms with E-state index in [9.17, 15) is 8.42 Å². The number of ether oxygens (including phenoxy) is 1. The number of nitrogens with zero attached hydrogens (tertiary/aromatic N) is 2. The average molecular weight is 426 g/mol. The maximum Gasteiger partial charge on any atom is 0.175 e. The van der Waals surface area contributed by atoms with Gasteiger partial charge in [0.25, 0.3) is 0 Å². The van der Waals surface area contributed by atoms with Gasteiger partial charge < -0.3 is 10.1 Å². The second-order valence-electron chi connectivity index (χ2n) is 5.88. The van der Waals surface area contributed by atoms with Crippen molar-refractivity contribution in [3.05, 3.63) is 52.8 Å². The number of hydrogen-bond acceptors (Lipinski definition) is 6. The largest absolute Gasteiger partial charge is 0.492 e. The first-order valence-corrected chi connectivity index (χ1v) is 10.8. The lowest BCUT2D eigenvalue weighted by Gasteiger charge is -2.11. The van der Waals surface area contributed by atoms with Gasteiger partial charge in [0, 0.05) is 23.2 Å². The summed E-state index contributed by atoms with van der Waals surface area (Å²) < 4.78 is 29.2. The minimum atomic E-state index is -3.30. The zero-order valence-electron chi connectivity index (χ0n) is 14.4. The lowest BCUT2D eigenvalue weighted by atomic mass is 10.2. The van der Waals surface area contributed by atoms with Gasteiger partial charge in [0.1, 0.15) is 17.9 Å². The molecule has 6 nitrogen and oxygen atoms in total. The number of hydrogen-bond donors (Lipinski definition) is 1. The Hall–Kier alpha value is -2.09. The van der Waals surface area contributed by atoms with Gasteiger partial charge in [-0.3, -0.25) is 0 Å². The van der Waals surface area contributed by atoms with E-state index >= 15 is 0 Å². The van der Waals surface area contributed by atoms with Crippen LogP contribution in [-0.4, -0.2) is 37.8 Å². The number of anilines is 1. The van der Waals surface area contributed by atoms with Crippen LogP contribution >= 0.6 is 23.2 Å². The fourth-order valence-electron chi connectivity index (χ4n) is 2.46. The van der Waals surface area contributed by atoms with Gasteiger partial charge in [-0.05, 0) is 42.8 Å². The van der Waals surface area contributed by atoms with Gasteiger partial charge in [-0.2, -0.15) is 0 Å². The second-order valence-corrected chi connectivity index (χ2v) is 8.74. The molecule has 1 aromatic heterocycles. The number of aromatic nitrogens is 2. The molecular formula is C18H17Cl2N3O3S. The molecule has 0 aliphatic rings. The fourth-order valence-corrected chi connectivity index (χ4v) is 3.57. The SMILES string of the molecule is CS(=O)(=O)c1ccc2ncnc(NCCCOc3ccc(Cl)cc3Cl)c2c1. The normalized spacial score (nSPS) is 11.5. The van der Waals surface area contributed by atoms with Gasteiger partial charge in [0.05, 0.1) is 22.0 Å². The molecule has 0 saturated carbocycles. The van der Waals surface area contributed by atoms with Crippen molar-refractivity contribution in [2.24, 2.45) is 0 Å². The third-order valence-electron chi connectivity index (χ3n) is 3.80. The van der Waals surface area contributed by atoms with E-state index in [1.807, 2.05) is 0 Å². The first kappa shape index (κ1) is 19.7. The highest BCUT2D eigenvalue weighted by Gasteiger charge is 2.11. The van der Waals surface area contributed by atoms with Crippen LogP contribution in [0.15, 0.2) is 47.6 Å². The average Bonchev–Trinajstić information content (AvgIpc) is 2.62. The van der Waals surface area contributed by atoms with E-state index in [2.05, 4.69) is 15.3 Å². The number of nitrogens with one attached hydrogen (secondary N) is 1. The molecule has 0 aliphatic heterocycles. The molecule has 0 atom stereocenters. The van der Waals surface area contributed by atoms with Crippen molar-refractivity contribution in [3.8, 4) is 5.75 Å². The Morgan fingerprint density at radius 3 is 2.67 bits per heavy atom. The molecule has 0 amide bonds. The molecule has 1 heterocycles. The predicted molar refractivity (Wildman–Crippen MR) is 108 cm³/mol. The van der Waals surface area contributed by atoms with Crippen LogP contribution in [0.5, 0.6) is 5.75 Å². The van der Waals surface area contributed by atoms with Gasteiger partial charge in [-0.15, -0.1) is 0 Å². The molecule has 0 bridgehead atoms. The van der Waals surface area contributed by atoms with Gasteiger partial charge in [-0.25, -0.2) is 18.4 Å². The van der Waals surface area contributed by atoms with Gasteiger partial charge >= 0.3 is 0 Å². The van der Waals surface area contributed by atoms with Gasteiger partial charge in [0.2, 0.25) is 0 Å². The Kier molecular flexibility index (Phi) is 6.04. The maximum absolute atomic E-state index is 11.8. The molecule has 2 aromatic carbocycles. The molecule has 3 aromatic rings. The van der Waals surface area contributed by atoms with Crippen molar-refractivity contribution < 1.29 is 13.2 Å². The molecule has 1 N–H and O–H groups in total. The molecule has 3 rings (SSSR count). The zero-order chi connectivity index (χ0) is 19.4. The molecule has 0 unspecified atom stereocenters. The van der Waals surface area contributed by atoms with Crippen molar-refractivity contribution in [2.45, 2.75) is 11.3 Å². The smallest absolute Gasteiger partial charge is 0.175 e. The summed E-state index contributed by atoms with van der Waals surface area (Å²) in [6.45, 7) is 1.03. The Morgan fingerprint density at radius 1 is 1.11 bits per heavy atom. The van der Waals surface area contributed by atoms with Crippen LogP contribution in [0.2, 0.25) is 10.0 Å². The van der Waals surface area contributed by atoms with Crippen molar-refractivity contribution in [3.63, 3.8) is 0 Å². The van der Waals surface area contributed by atoms with E-state index in [4.69, 9.17) is 27.9 Å². The topological polar surface area (TPSA) is 81.2 Å². The Labute approximate surface area is 167 Å². The van der Waals surface area contributed by atoms with Gasteiger partial charge in [0.15, 0.2) is 9.84 Å². The summed E-state index contributed by atoms with van der Waals surface area (Å²) in [4.78, 5) is 8.62. The minimum absolute atomic E-state index is 0.230. The third-order valence-corrected chi connectivity index (χ3v) is 5.44. The van der Waals surface area contributed by atoms with Crippen LogP contribution in [0.4, 0.5) is 5.82 Å². The molecule has 0 spiro atoms. The monoisotopic (exact) mass is 425 g/mol. The molecule has 0 fully saturated rings. The molecule has 0 aliphatic carbocycles. The van der Waals surface area contributed by atoms with E-state index in [0.29, 0.717) is 52.1 Å². The summed E-state index contributed by atoms with van der Waals surface area (Å²) in [6, 6.07) is 9.86. The van der Waals surface area contributed by atoms with E-state index < -0.39 is 9.84 Å². The van der Waals surface area contributed by atoms with Crippen LogP contribution in [0.1, 0.15) is 6.42 Å². The van der Waals surface area contributed by atoms with E-state index in [1.54, 1.807) is 30.3 Å². The summed E-state index contributed by atoms with van der Waals surface area (Å²) in [5, 5.41) is 4.87. The van der Waals surface area contributed by atoms with Crippen LogP contribution in [0.25, 0.3) is 10.9 Å². The van der Waals surface area contributed by atoms with Crippen molar-refractivity contribution in [1.82, 2.24) is 9.97 Å². The van der Waals surface area contributed by atoms with Crippen LogP contribution in [0, 0.1) is 0 Å². The molecule has 142 valence electrons. The van der Waals surface area contributed by atoms with E-state index in [0.717, 1.165) is 0 Å². The van der Waals surface area contributed by atoms with Crippen molar-refractivity contribution in [1.29, 1.82) is 0 Å². The molecule has 0 saturated heterocycles. The van der Waals surface area contributed by atoms with E-state index in [1.165, 1.54) is 18.6 Å². The van der Waals surface area contributed by atoms with Crippen LogP contribution in [0.3, 0.4) is 0 Å². The summed E-state index contributed by atoms with van der Waals surface area (Å²) in [5.74, 6) is 1.15. The lowest BCUT2D eigenvalue weighted by Crippen LogP contribution is -2.09. The summed E-state index contributed by atoms with van der Waals surface area (Å²) in [6.07, 6.45) is 3.30. The number of rotatable bonds is 7. The van der Waals surface area contributed by atoms with Crippen molar-refractivity contribution in [2.75, 3.05) is 24.7 Å². The number of sulfone groups is 1. The fraction of sp³-hybridized carbons (Fsp3) is 0.222. The van der Waals surface area contributed by atoms with Gasteiger partial charge in [-0.1, -0.05) is 23.2 Å². The highest BCUT2D eigenvalue weighted by atomic mass is 35.5. The summed E-state index contributed by atoms with van der Waals surface area (Å²) in [5.41, 5.74) is 0.670. The summed E-state index contributed by atoms with van der Waals surface area (Å²) >= 11 is 11.9. The first-order valence-electron chi connectivity index (χ1n) is 8.11. The Morgan fingerprint density at radius 2 is 1.93 bits per heavy atom. The quantitative estimate of drug-likeness (QED) is 0.570. The second kappa shape index (κ2) is 8.29. The maximum atomic E-state index is 11.8. The Balaban J connectivity index is 1.63. The first-order chi connectivity index (χ1) is 12.8. The number of halogens is 2. The van der Waals surface area contributed by atoms with Crippen LogP contribution in [-0.2, 0) is 9.84 Å². The molecule has 27 heavy (non-hydrogen) atoms. The third kappa shape index (κ3) is 5.00. The summed E-state index contributed by atoms with van der Waals surface area (Å²) in [7, 11) is -3.30. The molecule has 9 heteroatoms. The lowest BCUT2D eigenvalue weighted by molar-refractivity contribution is 0.315. The zero-order valence-corrected chi connectivity index (χ0v) is 16.8. The standard InChI is InChI=1S/C18H17Cl2N3O3S/c1-27(24,25)13-4-5-16-14(10-13)18(23-11-22-16)21-7-2-8-26-17-6-3-12(19)9-15(17)20/h3-6,9-11H,2,7-8H2,1H3,(H,21,22,23).